The first-order chi connectivity index (χ1) is 11.5. The molecule has 2 heterocycles. The third-order valence-corrected chi connectivity index (χ3v) is 4.69. The minimum Gasteiger partial charge on any atom is -0.480 e. The molecule has 1 amide bonds. The number of hydrogen-bond acceptors (Lipinski definition) is 3. The van der Waals surface area contributed by atoms with Gasteiger partial charge in [-0.15, -0.1) is 0 Å². The van der Waals surface area contributed by atoms with Gasteiger partial charge in [0.2, 0.25) is 0 Å². The first-order valence-corrected chi connectivity index (χ1v) is 8.22. The van der Waals surface area contributed by atoms with E-state index in [1.54, 1.807) is 17.7 Å². The summed E-state index contributed by atoms with van der Waals surface area (Å²) in [6.07, 6.45) is 3.60. The summed E-state index contributed by atoms with van der Waals surface area (Å²) in [5.74, 6) is -1.25. The maximum atomic E-state index is 12.8. The van der Waals surface area contributed by atoms with Crippen LogP contribution >= 0.6 is 11.6 Å². The predicted molar refractivity (Wildman–Crippen MR) is 89.6 cm³/mol. The monoisotopic (exact) mass is 347 g/mol. The van der Waals surface area contributed by atoms with Gasteiger partial charge in [0.25, 0.3) is 5.91 Å². The van der Waals surface area contributed by atoms with Crippen LogP contribution in [0.3, 0.4) is 0 Å². The molecule has 3 rings (SSSR count). The Morgan fingerprint density at radius 1 is 1.29 bits per heavy atom. The molecule has 24 heavy (non-hydrogen) atoms. The highest BCUT2D eigenvalue weighted by Gasteiger charge is 2.33. The highest BCUT2D eigenvalue weighted by atomic mass is 35.5. The molecule has 1 aromatic carbocycles. The molecule has 1 aliphatic rings. The van der Waals surface area contributed by atoms with Gasteiger partial charge >= 0.3 is 5.97 Å². The minimum atomic E-state index is -0.959. The molecule has 0 spiro atoms. The van der Waals surface area contributed by atoms with Crippen molar-refractivity contribution in [2.45, 2.75) is 32.2 Å². The zero-order chi connectivity index (χ0) is 17.3. The van der Waals surface area contributed by atoms with E-state index in [9.17, 15) is 14.7 Å². The zero-order valence-electron chi connectivity index (χ0n) is 13.3. The molecule has 1 aromatic heterocycles. The van der Waals surface area contributed by atoms with Gasteiger partial charge in [-0.3, -0.25) is 4.79 Å². The summed E-state index contributed by atoms with van der Waals surface area (Å²) in [4.78, 5) is 25.7. The second-order valence-corrected chi connectivity index (χ2v) is 6.26. The average molecular weight is 348 g/mol. The Balaban J connectivity index is 1.94. The smallest absolute Gasteiger partial charge is 0.326 e. The van der Waals surface area contributed by atoms with E-state index in [0.29, 0.717) is 34.9 Å². The molecule has 0 bridgehead atoms. The van der Waals surface area contributed by atoms with Crippen LogP contribution in [0.5, 0.6) is 0 Å². The van der Waals surface area contributed by atoms with Crippen molar-refractivity contribution >= 4 is 23.5 Å². The summed E-state index contributed by atoms with van der Waals surface area (Å²) < 4.78 is 1.61. The van der Waals surface area contributed by atoms with E-state index in [1.807, 2.05) is 18.2 Å². The van der Waals surface area contributed by atoms with E-state index in [2.05, 4.69) is 5.10 Å². The normalized spacial score (nSPS) is 17.8. The largest absolute Gasteiger partial charge is 0.480 e. The van der Waals surface area contributed by atoms with Crippen LogP contribution in [0.15, 0.2) is 30.5 Å². The Hall–Kier alpha value is -2.34. The van der Waals surface area contributed by atoms with Crippen LogP contribution in [0.4, 0.5) is 0 Å². The highest BCUT2D eigenvalue weighted by molar-refractivity contribution is 6.32. The van der Waals surface area contributed by atoms with Crippen molar-refractivity contribution in [3.63, 3.8) is 0 Å². The fourth-order valence-electron chi connectivity index (χ4n) is 3.07. The van der Waals surface area contributed by atoms with Crippen molar-refractivity contribution in [1.82, 2.24) is 14.7 Å². The van der Waals surface area contributed by atoms with E-state index >= 15 is 0 Å². The minimum absolute atomic E-state index is 0.294. The van der Waals surface area contributed by atoms with Gasteiger partial charge in [0.15, 0.2) is 0 Å². The summed E-state index contributed by atoms with van der Waals surface area (Å²) in [5.41, 5.74) is 1.73. The number of hydrogen-bond donors (Lipinski definition) is 1. The molecular formula is C17H18ClN3O3. The van der Waals surface area contributed by atoms with Crippen molar-refractivity contribution < 1.29 is 14.7 Å². The van der Waals surface area contributed by atoms with Crippen LogP contribution in [-0.2, 0) is 4.79 Å². The van der Waals surface area contributed by atoms with E-state index in [4.69, 9.17) is 11.6 Å². The van der Waals surface area contributed by atoms with E-state index in [-0.39, 0.29) is 5.91 Å². The van der Waals surface area contributed by atoms with Gasteiger partial charge in [-0.2, -0.15) is 5.10 Å². The molecule has 7 heteroatoms. The van der Waals surface area contributed by atoms with Gasteiger partial charge in [-0.25, -0.2) is 9.48 Å². The van der Waals surface area contributed by atoms with E-state index < -0.39 is 12.0 Å². The number of piperidine rings is 1. The maximum Gasteiger partial charge on any atom is 0.326 e. The lowest BCUT2D eigenvalue weighted by molar-refractivity contribution is -0.143. The Kier molecular flexibility index (Phi) is 4.57. The molecule has 2 aromatic rings. The van der Waals surface area contributed by atoms with Crippen molar-refractivity contribution in [3.05, 3.63) is 46.7 Å². The number of likely N-dealkylation sites (tertiary alicyclic amines) is 1. The van der Waals surface area contributed by atoms with Crippen molar-refractivity contribution in [3.8, 4) is 5.69 Å². The molecule has 1 N–H and O–H groups in total. The van der Waals surface area contributed by atoms with Crippen molar-refractivity contribution in [2.24, 2.45) is 0 Å². The van der Waals surface area contributed by atoms with Crippen LogP contribution in [0.25, 0.3) is 5.69 Å². The van der Waals surface area contributed by atoms with Crippen molar-refractivity contribution in [2.75, 3.05) is 6.54 Å². The number of para-hydroxylation sites is 1. The Labute approximate surface area is 144 Å². The Morgan fingerprint density at radius 3 is 2.75 bits per heavy atom. The Morgan fingerprint density at radius 2 is 2.04 bits per heavy atom. The SMILES string of the molecule is Cc1c(C(=O)N2CCCC[C@@H]2C(=O)O)cnn1-c1ccccc1Cl. The molecule has 0 radical (unpaired) electrons. The Bertz CT molecular complexity index is 787. The number of rotatable bonds is 3. The molecule has 1 atom stereocenters. The molecule has 1 aliphatic heterocycles. The van der Waals surface area contributed by atoms with Gasteiger partial charge < -0.3 is 10.0 Å². The van der Waals surface area contributed by atoms with Crippen molar-refractivity contribution in [1.29, 1.82) is 0 Å². The number of carbonyl (C=O) groups is 2. The predicted octanol–water partition coefficient (Wildman–Crippen LogP) is 2.91. The molecule has 0 aliphatic carbocycles. The third kappa shape index (κ3) is 2.89. The quantitative estimate of drug-likeness (QED) is 0.926. The van der Waals surface area contributed by atoms with Crippen LogP contribution in [0.2, 0.25) is 5.02 Å². The first-order valence-electron chi connectivity index (χ1n) is 7.84. The number of nitrogens with zero attached hydrogens (tertiary/aromatic N) is 3. The van der Waals surface area contributed by atoms with Crippen LogP contribution in [-0.4, -0.2) is 44.3 Å². The molecule has 126 valence electrons. The number of aromatic nitrogens is 2. The van der Waals surface area contributed by atoms with E-state index in [0.717, 1.165) is 12.8 Å². The van der Waals surface area contributed by atoms with E-state index in [1.165, 1.54) is 11.1 Å². The third-order valence-electron chi connectivity index (χ3n) is 4.37. The number of carbonyl (C=O) groups excluding carboxylic acids is 1. The van der Waals surface area contributed by atoms with Crippen LogP contribution < -0.4 is 0 Å². The number of aliphatic carboxylic acids is 1. The summed E-state index contributed by atoms with van der Waals surface area (Å²) >= 11 is 6.20. The summed E-state index contributed by atoms with van der Waals surface area (Å²) in [6, 6.07) is 6.47. The van der Waals surface area contributed by atoms with Gasteiger partial charge in [0, 0.05) is 6.54 Å². The second kappa shape index (κ2) is 6.65. The fourth-order valence-corrected chi connectivity index (χ4v) is 3.29. The highest BCUT2D eigenvalue weighted by Crippen LogP contribution is 2.25. The zero-order valence-corrected chi connectivity index (χ0v) is 14.0. The molecular weight excluding hydrogens is 330 g/mol. The number of carboxylic acids is 1. The molecule has 6 nitrogen and oxygen atoms in total. The molecule has 1 saturated heterocycles. The van der Waals surface area contributed by atoms with Gasteiger partial charge in [0.05, 0.1) is 28.2 Å². The maximum absolute atomic E-state index is 12.8. The number of halogens is 1. The standard InChI is InChI=1S/C17H18ClN3O3/c1-11-12(10-19-21(11)14-7-3-2-6-13(14)18)16(22)20-9-5-4-8-15(20)17(23)24/h2-3,6-7,10,15H,4-5,8-9H2,1H3,(H,23,24)/t15-/m1/s1. The van der Waals surface area contributed by atoms with Crippen LogP contribution in [0.1, 0.15) is 35.3 Å². The van der Waals surface area contributed by atoms with Gasteiger partial charge in [0.1, 0.15) is 6.04 Å². The first kappa shape index (κ1) is 16.5. The summed E-state index contributed by atoms with van der Waals surface area (Å²) in [7, 11) is 0. The molecule has 1 fully saturated rings. The number of carboxylic acid groups (broad SMARTS) is 1. The van der Waals surface area contributed by atoms with Gasteiger partial charge in [-0.05, 0) is 38.3 Å². The lowest BCUT2D eigenvalue weighted by Crippen LogP contribution is -2.48. The number of benzene rings is 1. The van der Waals surface area contributed by atoms with Crippen LogP contribution in [0, 0.1) is 6.92 Å². The van der Waals surface area contributed by atoms with Gasteiger partial charge in [-0.1, -0.05) is 23.7 Å². The average Bonchev–Trinajstić information content (AvgIpc) is 2.96. The molecule has 0 unspecified atom stereocenters. The number of amides is 1. The summed E-state index contributed by atoms with van der Waals surface area (Å²) in [5, 5.41) is 14.2. The second-order valence-electron chi connectivity index (χ2n) is 5.86. The topological polar surface area (TPSA) is 75.4 Å². The lowest BCUT2D eigenvalue weighted by Gasteiger charge is -2.32. The fraction of sp³-hybridized carbons (Fsp3) is 0.353. The molecule has 0 saturated carbocycles. The summed E-state index contributed by atoms with van der Waals surface area (Å²) in [6.45, 7) is 2.23. The lowest BCUT2D eigenvalue weighted by atomic mass is 10.0.